The third-order valence-electron chi connectivity index (χ3n) is 4.80. The topological polar surface area (TPSA) is 88.1 Å². The second-order valence-corrected chi connectivity index (χ2v) is 6.49. The summed E-state index contributed by atoms with van der Waals surface area (Å²) in [6, 6.07) is 12.8. The van der Waals surface area contributed by atoms with Crippen LogP contribution in [0.3, 0.4) is 0 Å². The van der Waals surface area contributed by atoms with Crippen LogP contribution in [-0.4, -0.2) is 36.5 Å². The van der Waals surface area contributed by atoms with Crippen LogP contribution in [-0.2, 0) is 9.59 Å². The summed E-state index contributed by atoms with van der Waals surface area (Å²) in [4.78, 5) is 39.6. The summed E-state index contributed by atoms with van der Waals surface area (Å²) in [7, 11) is 1.54. The van der Waals surface area contributed by atoms with E-state index in [1.807, 2.05) is 19.1 Å². The third-order valence-corrected chi connectivity index (χ3v) is 4.80. The van der Waals surface area contributed by atoms with Gasteiger partial charge in [0.1, 0.15) is 23.4 Å². The fourth-order valence-corrected chi connectivity index (χ4v) is 3.32. The lowest BCUT2D eigenvalue weighted by molar-refractivity contribution is -0.122. The summed E-state index contributed by atoms with van der Waals surface area (Å²) in [6.07, 6.45) is 0. The molecule has 2 aliphatic heterocycles. The summed E-state index contributed by atoms with van der Waals surface area (Å²) >= 11 is 0. The second-order valence-electron chi connectivity index (χ2n) is 6.49. The minimum Gasteiger partial charge on any atom is -0.497 e. The van der Waals surface area contributed by atoms with Crippen molar-refractivity contribution in [2.45, 2.75) is 13.0 Å². The van der Waals surface area contributed by atoms with Gasteiger partial charge in [0.25, 0.3) is 5.91 Å². The molecule has 0 aliphatic carbocycles. The van der Waals surface area contributed by atoms with E-state index in [0.717, 1.165) is 10.5 Å². The van der Waals surface area contributed by atoms with Crippen LogP contribution >= 0.6 is 0 Å². The number of nitrogens with one attached hydrogen (secondary N) is 1. The molecule has 2 atom stereocenters. The molecule has 0 bridgehead atoms. The number of imide groups is 1. The van der Waals surface area contributed by atoms with E-state index in [9.17, 15) is 14.4 Å². The first-order valence-electron chi connectivity index (χ1n) is 8.47. The van der Waals surface area contributed by atoms with E-state index in [2.05, 4.69) is 10.5 Å². The first kappa shape index (κ1) is 17.0. The number of carbonyl (C=O) groups excluding carboxylic acids is 3. The molecule has 1 N–H and O–H groups in total. The number of fused-ring (bicyclic) bond motifs is 1. The van der Waals surface area contributed by atoms with Gasteiger partial charge < -0.3 is 4.74 Å². The zero-order valence-corrected chi connectivity index (χ0v) is 14.8. The minimum atomic E-state index is -0.923. The quantitative estimate of drug-likeness (QED) is 0.660. The van der Waals surface area contributed by atoms with Crippen molar-refractivity contribution in [1.82, 2.24) is 5.43 Å². The Balaban J connectivity index is 1.63. The third kappa shape index (κ3) is 2.68. The summed E-state index contributed by atoms with van der Waals surface area (Å²) in [5, 5.41) is 4.00. The predicted molar refractivity (Wildman–Crippen MR) is 98.8 cm³/mol. The molecule has 2 aromatic carbocycles. The molecule has 2 heterocycles. The highest BCUT2D eigenvalue weighted by Crippen LogP contribution is 2.31. The molecule has 27 heavy (non-hydrogen) atoms. The van der Waals surface area contributed by atoms with Crippen LogP contribution in [0.25, 0.3) is 0 Å². The normalized spacial score (nSPS) is 21.0. The Labute approximate surface area is 155 Å². The molecule has 136 valence electrons. The summed E-state index contributed by atoms with van der Waals surface area (Å²) in [6.45, 7) is 1.92. The number of benzene rings is 2. The number of methoxy groups -OCH3 is 1. The zero-order chi connectivity index (χ0) is 19.1. The fourth-order valence-electron chi connectivity index (χ4n) is 3.32. The van der Waals surface area contributed by atoms with E-state index in [1.165, 1.54) is 7.11 Å². The van der Waals surface area contributed by atoms with Gasteiger partial charge in [0.2, 0.25) is 11.7 Å². The molecule has 4 rings (SSSR count). The van der Waals surface area contributed by atoms with Crippen LogP contribution in [0.15, 0.2) is 53.6 Å². The van der Waals surface area contributed by atoms with Crippen molar-refractivity contribution in [3.8, 4) is 5.75 Å². The number of Topliss-reactive ketones (excluding diaryl/α,β-unsaturated/α-hetero) is 1. The number of hydrogen-bond acceptors (Lipinski definition) is 6. The van der Waals surface area contributed by atoms with E-state index in [-0.39, 0.29) is 11.5 Å². The highest BCUT2D eigenvalue weighted by Gasteiger charge is 2.55. The molecule has 7 nitrogen and oxygen atoms in total. The van der Waals surface area contributed by atoms with Gasteiger partial charge in [-0.05, 0) is 43.3 Å². The van der Waals surface area contributed by atoms with E-state index in [0.29, 0.717) is 17.0 Å². The van der Waals surface area contributed by atoms with Gasteiger partial charge in [-0.15, -0.1) is 0 Å². The molecule has 0 spiro atoms. The van der Waals surface area contributed by atoms with E-state index >= 15 is 0 Å². The largest absolute Gasteiger partial charge is 0.497 e. The van der Waals surface area contributed by atoms with Crippen LogP contribution in [0.2, 0.25) is 0 Å². The average Bonchev–Trinajstić information content (AvgIpc) is 3.23. The molecular formula is C20H17N3O4. The lowest BCUT2D eigenvalue weighted by atomic mass is 9.92. The fraction of sp³-hybridized carbons (Fsp3) is 0.200. The van der Waals surface area contributed by atoms with Gasteiger partial charge in [-0.2, -0.15) is 5.10 Å². The maximum atomic E-state index is 12.9. The lowest BCUT2D eigenvalue weighted by Gasteiger charge is -2.15. The van der Waals surface area contributed by atoms with Crippen molar-refractivity contribution < 1.29 is 19.1 Å². The monoisotopic (exact) mass is 363 g/mol. The Kier molecular flexibility index (Phi) is 3.99. The van der Waals surface area contributed by atoms with Crippen molar-refractivity contribution in [2.75, 3.05) is 12.0 Å². The van der Waals surface area contributed by atoms with Gasteiger partial charge in [0.05, 0.1) is 12.8 Å². The molecular weight excluding hydrogens is 346 g/mol. The summed E-state index contributed by atoms with van der Waals surface area (Å²) in [5.74, 6) is -1.54. The van der Waals surface area contributed by atoms with Gasteiger partial charge in [0.15, 0.2) is 0 Å². The van der Waals surface area contributed by atoms with Crippen LogP contribution in [0.4, 0.5) is 5.69 Å². The first-order chi connectivity index (χ1) is 13.0. The number of ketones is 1. The minimum absolute atomic E-state index is 0.0538. The van der Waals surface area contributed by atoms with Crippen molar-refractivity contribution >= 4 is 29.0 Å². The molecule has 0 radical (unpaired) electrons. The Bertz CT molecular complexity index is 964. The number of ether oxygens (including phenoxy) is 1. The smallest absolute Gasteiger partial charge is 0.259 e. The van der Waals surface area contributed by atoms with Gasteiger partial charge in [-0.1, -0.05) is 17.7 Å². The molecule has 2 aliphatic rings. The molecule has 0 saturated carbocycles. The van der Waals surface area contributed by atoms with Gasteiger partial charge in [0, 0.05) is 5.56 Å². The zero-order valence-electron chi connectivity index (χ0n) is 14.8. The highest BCUT2D eigenvalue weighted by atomic mass is 16.5. The highest BCUT2D eigenvalue weighted by molar-refractivity contribution is 6.52. The van der Waals surface area contributed by atoms with Crippen LogP contribution in [0, 0.1) is 12.8 Å². The number of hydrazone groups is 1. The maximum absolute atomic E-state index is 12.9. The predicted octanol–water partition coefficient (Wildman–Crippen LogP) is 1.70. The first-order valence-corrected chi connectivity index (χ1v) is 8.47. The average molecular weight is 363 g/mol. The standard InChI is InChI=1S/C20H17N3O4/c1-11-3-7-13(8-4-11)23-19(25)15-16(21-22-17(15)20(23)26)18(24)12-5-9-14(27-2)10-6-12/h3-10,15,17,22H,1-2H3. The molecule has 0 aromatic heterocycles. The van der Waals surface area contributed by atoms with Crippen molar-refractivity contribution in [3.05, 3.63) is 59.7 Å². The van der Waals surface area contributed by atoms with E-state index < -0.39 is 23.8 Å². The summed E-state index contributed by atoms with van der Waals surface area (Å²) < 4.78 is 5.09. The Morgan fingerprint density at radius 2 is 1.70 bits per heavy atom. The Hall–Kier alpha value is -3.48. The van der Waals surface area contributed by atoms with Crippen LogP contribution in [0.1, 0.15) is 15.9 Å². The van der Waals surface area contributed by atoms with Crippen LogP contribution < -0.4 is 15.1 Å². The van der Waals surface area contributed by atoms with E-state index in [1.54, 1.807) is 36.4 Å². The number of nitrogens with zero attached hydrogens (tertiary/aromatic N) is 2. The van der Waals surface area contributed by atoms with E-state index in [4.69, 9.17) is 4.74 Å². The summed E-state index contributed by atoms with van der Waals surface area (Å²) in [5.41, 5.74) is 4.61. The number of amides is 2. The van der Waals surface area contributed by atoms with Gasteiger partial charge in [-0.3, -0.25) is 19.8 Å². The number of carbonyl (C=O) groups is 3. The Morgan fingerprint density at radius 1 is 1.04 bits per heavy atom. The number of anilines is 1. The second kappa shape index (κ2) is 6.35. The maximum Gasteiger partial charge on any atom is 0.259 e. The number of rotatable bonds is 4. The molecule has 1 fully saturated rings. The molecule has 7 heteroatoms. The van der Waals surface area contributed by atoms with Gasteiger partial charge in [-0.25, -0.2) is 4.90 Å². The SMILES string of the molecule is COc1ccc(C(=O)C2=NNC3C(=O)N(c4ccc(C)cc4)C(=O)C23)cc1. The van der Waals surface area contributed by atoms with Crippen molar-refractivity contribution in [1.29, 1.82) is 0 Å². The van der Waals surface area contributed by atoms with Crippen molar-refractivity contribution in [3.63, 3.8) is 0 Å². The Morgan fingerprint density at radius 3 is 2.33 bits per heavy atom. The number of aryl methyl sites for hydroxylation is 1. The van der Waals surface area contributed by atoms with Gasteiger partial charge >= 0.3 is 0 Å². The number of hydrogen-bond donors (Lipinski definition) is 1. The molecule has 2 amide bonds. The molecule has 1 saturated heterocycles. The van der Waals surface area contributed by atoms with Crippen LogP contribution in [0.5, 0.6) is 5.75 Å². The lowest BCUT2D eigenvalue weighted by Crippen LogP contribution is -2.36. The molecule has 2 unspecified atom stereocenters. The van der Waals surface area contributed by atoms with Crippen molar-refractivity contribution in [2.24, 2.45) is 11.0 Å². The molecule has 2 aromatic rings.